The molecule has 10 heteroatoms. The van der Waals surface area contributed by atoms with E-state index in [1.807, 2.05) is 34.9 Å². The molecular weight excluding hydrogens is 543 g/mol. The van der Waals surface area contributed by atoms with Gasteiger partial charge >= 0.3 is 6.18 Å². The molecule has 0 radical (unpaired) electrons. The zero-order valence-corrected chi connectivity index (χ0v) is 23.6. The van der Waals surface area contributed by atoms with E-state index in [2.05, 4.69) is 33.9 Å². The number of hydrogen-bond donors (Lipinski definition) is 0. The average Bonchev–Trinajstić information content (AvgIpc) is 3.51. The minimum absolute atomic E-state index is 0.0271. The second kappa shape index (κ2) is 10.6. The maximum absolute atomic E-state index is 14.4. The molecule has 6 rings (SSSR count). The Morgan fingerprint density at radius 3 is 2.55 bits per heavy atom. The fourth-order valence-electron chi connectivity index (χ4n) is 6.77. The average molecular weight is 576 g/mol. The Morgan fingerprint density at radius 1 is 1.10 bits per heavy atom. The lowest BCUT2D eigenvalue weighted by Crippen LogP contribution is -2.51. The predicted molar refractivity (Wildman–Crippen MR) is 155 cm³/mol. The van der Waals surface area contributed by atoms with Gasteiger partial charge in [0.15, 0.2) is 0 Å². The van der Waals surface area contributed by atoms with Crippen LogP contribution in [-0.2, 0) is 16.4 Å². The van der Waals surface area contributed by atoms with Crippen molar-refractivity contribution >= 4 is 23.0 Å². The van der Waals surface area contributed by atoms with E-state index in [0.717, 1.165) is 54.0 Å². The van der Waals surface area contributed by atoms with Gasteiger partial charge in [0, 0.05) is 48.3 Å². The number of alkyl halides is 3. The number of carbonyl (C=O) groups is 1. The highest BCUT2D eigenvalue weighted by molar-refractivity contribution is 6.09. The molecule has 3 aliphatic rings. The summed E-state index contributed by atoms with van der Waals surface area (Å²) in [5.74, 6) is 0.634. The number of rotatable bonds is 5. The summed E-state index contributed by atoms with van der Waals surface area (Å²) in [4.78, 5) is 28.4. The monoisotopic (exact) mass is 575 g/mol. The van der Waals surface area contributed by atoms with Crippen molar-refractivity contribution in [2.24, 2.45) is 0 Å². The molecule has 0 bridgehead atoms. The highest BCUT2D eigenvalue weighted by atomic mass is 19.4. The number of hydrogen-bond acceptors (Lipinski definition) is 5. The number of pyridine rings is 1. The van der Waals surface area contributed by atoms with Crippen LogP contribution < -0.4 is 14.5 Å². The largest absolute Gasteiger partial charge is 0.478 e. The number of aromatic nitrogens is 1. The highest BCUT2D eigenvalue weighted by Crippen LogP contribution is 2.51. The van der Waals surface area contributed by atoms with Crippen LogP contribution in [0, 0.1) is 6.57 Å². The topological polar surface area (TPSA) is 53.3 Å². The van der Waals surface area contributed by atoms with Crippen LogP contribution in [0.3, 0.4) is 0 Å². The molecular formula is C32H32F3N5O2. The molecule has 1 spiro atoms. The summed E-state index contributed by atoms with van der Waals surface area (Å²) < 4.78 is 45.6. The second-order valence-corrected chi connectivity index (χ2v) is 11.3. The lowest BCUT2D eigenvalue weighted by molar-refractivity contribution is -0.137. The van der Waals surface area contributed by atoms with Gasteiger partial charge in [-0.05, 0) is 81.2 Å². The molecule has 218 valence electrons. The van der Waals surface area contributed by atoms with E-state index in [4.69, 9.17) is 11.3 Å². The number of likely N-dealkylation sites (N-methyl/N-ethyl adjacent to an activating group) is 1. The summed E-state index contributed by atoms with van der Waals surface area (Å²) in [7, 11) is 2.06. The second-order valence-electron chi connectivity index (χ2n) is 11.3. The van der Waals surface area contributed by atoms with Crippen LogP contribution in [0.25, 0.3) is 16.0 Å². The summed E-state index contributed by atoms with van der Waals surface area (Å²) in [6.07, 6.45) is -0.921. The Balaban J connectivity index is 1.36. The molecule has 3 aliphatic heterocycles. The molecule has 3 aromatic rings. The van der Waals surface area contributed by atoms with Gasteiger partial charge in [0.05, 0.1) is 24.6 Å². The Hall–Kier alpha value is -4.10. The molecule has 2 fully saturated rings. The maximum atomic E-state index is 14.4. The number of fused-ring (bicyclic) bond motifs is 2. The third-order valence-corrected chi connectivity index (χ3v) is 8.88. The van der Waals surface area contributed by atoms with Crippen molar-refractivity contribution in [2.75, 3.05) is 49.6 Å². The number of likely N-dealkylation sites (tertiary alicyclic amines) is 1. The van der Waals surface area contributed by atoms with Gasteiger partial charge in [-0.1, -0.05) is 18.2 Å². The number of carbonyl (C=O) groups excluding carboxylic acids is 1. The number of nitrogens with zero attached hydrogens (tertiary/aromatic N) is 5. The molecule has 1 amide bonds. The summed E-state index contributed by atoms with van der Waals surface area (Å²) in [5.41, 5.74) is 2.58. The molecule has 1 aromatic heterocycles. The zero-order valence-electron chi connectivity index (χ0n) is 23.6. The van der Waals surface area contributed by atoms with E-state index < -0.39 is 17.2 Å². The summed E-state index contributed by atoms with van der Waals surface area (Å²) in [6, 6.07) is 13.4. The van der Waals surface area contributed by atoms with Crippen molar-refractivity contribution in [3.8, 4) is 17.0 Å². The van der Waals surface area contributed by atoms with Crippen LogP contribution in [0.4, 0.5) is 30.2 Å². The number of piperidine rings is 1. The Kier molecular flexibility index (Phi) is 7.09. The fraction of sp³-hybridized carbons (Fsp3) is 0.406. The van der Waals surface area contributed by atoms with Gasteiger partial charge in [0.2, 0.25) is 17.5 Å². The van der Waals surface area contributed by atoms with Gasteiger partial charge in [-0.15, -0.1) is 0 Å². The molecule has 0 unspecified atom stereocenters. The Labute approximate surface area is 243 Å². The minimum atomic E-state index is -4.51. The Bertz CT molecular complexity index is 1560. The van der Waals surface area contributed by atoms with E-state index in [1.165, 1.54) is 6.07 Å². The van der Waals surface area contributed by atoms with Crippen molar-refractivity contribution in [1.29, 1.82) is 0 Å². The molecule has 42 heavy (non-hydrogen) atoms. The van der Waals surface area contributed by atoms with E-state index in [1.54, 1.807) is 6.20 Å². The predicted octanol–water partition coefficient (Wildman–Crippen LogP) is 6.31. The molecule has 7 nitrogen and oxygen atoms in total. The molecule has 1 atom stereocenters. The van der Waals surface area contributed by atoms with E-state index in [9.17, 15) is 18.0 Å². The van der Waals surface area contributed by atoms with Crippen LogP contribution >= 0.6 is 0 Å². The van der Waals surface area contributed by atoms with Gasteiger partial charge in [-0.3, -0.25) is 4.79 Å². The van der Waals surface area contributed by atoms with E-state index >= 15 is 0 Å². The van der Waals surface area contributed by atoms with Gasteiger partial charge in [0.25, 0.3) is 0 Å². The molecule has 0 saturated carbocycles. The van der Waals surface area contributed by atoms with Crippen LogP contribution in [0.5, 0.6) is 5.88 Å². The first kappa shape index (κ1) is 28.0. The molecule has 2 aromatic carbocycles. The highest BCUT2D eigenvalue weighted by Gasteiger charge is 2.54. The van der Waals surface area contributed by atoms with Gasteiger partial charge in [0.1, 0.15) is 0 Å². The van der Waals surface area contributed by atoms with Crippen molar-refractivity contribution in [1.82, 2.24) is 9.88 Å². The smallest absolute Gasteiger partial charge is 0.415 e. The first-order valence-electron chi connectivity index (χ1n) is 14.2. The molecule has 0 aliphatic carbocycles. The number of ether oxygens (including phenoxy) is 1. The van der Waals surface area contributed by atoms with Crippen molar-refractivity contribution < 1.29 is 22.7 Å². The van der Waals surface area contributed by atoms with Crippen LogP contribution in [0.15, 0.2) is 54.7 Å². The van der Waals surface area contributed by atoms with Gasteiger partial charge in [-0.2, -0.15) is 13.2 Å². The SMILES string of the molecule is [C-]#[N+]c1cc(C(F)(F)F)ccc1N1CCC2(CC1)C(=O)N([C@@H]1CCN(C)C1)c1cc(-c3cccnc3OCC)ccc12. The minimum Gasteiger partial charge on any atom is -0.478 e. The number of benzene rings is 2. The normalized spacial score (nSPS) is 20.2. The first-order chi connectivity index (χ1) is 20.2. The van der Waals surface area contributed by atoms with Crippen LogP contribution in [0.2, 0.25) is 0 Å². The summed E-state index contributed by atoms with van der Waals surface area (Å²) in [5, 5.41) is 0. The van der Waals surface area contributed by atoms with Crippen molar-refractivity contribution in [3.63, 3.8) is 0 Å². The lowest BCUT2D eigenvalue weighted by atomic mass is 9.73. The lowest BCUT2D eigenvalue weighted by Gasteiger charge is -2.40. The molecule has 4 heterocycles. The fourth-order valence-corrected chi connectivity index (χ4v) is 6.77. The van der Waals surface area contributed by atoms with Crippen molar-refractivity contribution in [2.45, 2.75) is 43.8 Å². The number of amides is 1. The van der Waals surface area contributed by atoms with E-state index in [-0.39, 0.29) is 17.6 Å². The zero-order chi connectivity index (χ0) is 29.6. The van der Waals surface area contributed by atoms with Crippen molar-refractivity contribution in [3.05, 3.63) is 77.3 Å². The van der Waals surface area contributed by atoms with E-state index in [0.29, 0.717) is 44.1 Å². The van der Waals surface area contributed by atoms with Gasteiger partial charge < -0.3 is 19.4 Å². The molecule has 2 saturated heterocycles. The van der Waals surface area contributed by atoms with Gasteiger partial charge in [-0.25, -0.2) is 9.83 Å². The van der Waals surface area contributed by atoms with Crippen LogP contribution in [0.1, 0.15) is 37.3 Å². The first-order valence-corrected chi connectivity index (χ1v) is 14.2. The number of halogens is 3. The standard InChI is InChI=1S/C32H32F3N5O2/c1-4-42-29-24(6-5-14-37-29)21-7-9-25-28(18-21)40(23-11-15-38(3)20-23)30(41)31(25)12-16-39(17-13-31)27-10-8-22(32(33,34)35)19-26(27)36-2/h5-10,14,18-19,23H,4,11-13,15-17,20H2,1,3H3/t23-/m1/s1. The third kappa shape index (κ3) is 4.66. The third-order valence-electron chi connectivity index (χ3n) is 8.88. The maximum Gasteiger partial charge on any atom is 0.415 e. The number of anilines is 2. The summed E-state index contributed by atoms with van der Waals surface area (Å²) >= 11 is 0. The van der Waals surface area contributed by atoms with Crippen LogP contribution in [-0.4, -0.2) is 61.7 Å². The summed E-state index contributed by atoms with van der Waals surface area (Å²) in [6.45, 7) is 12.5. The Morgan fingerprint density at radius 2 is 1.88 bits per heavy atom. The molecule has 0 N–H and O–H groups in total. The quantitative estimate of drug-likeness (QED) is 0.334.